The molecule has 6 amide bonds. The molecule has 0 radical (unpaired) electrons. The summed E-state index contributed by atoms with van der Waals surface area (Å²) in [6.07, 6.45) is 3.79. The first kappa shape index (κ1) is 48.3. The Bertz CT molecular complexity index is 1300. The quantitative estimate of drug-likeness (QED) is 0.0205. The molecule has 54 heavy (non-hydrogen) atoms. The maximum Gasteiger partial charge on any atom is 0.243 e. The smallest absolute Gasteiger partial charge is 0.243 e. The molecule has 1 unspecified atom stereocenters. The van der Waals surface area contributed by atoms with E-state index in [1.807, 2.05) is 6.92 Å². The molecular weight excluding hydrogens is 706 g/mol. The van der Waals surface area contributed by atoms with Crippen molar-refractivity contribution in [2.75, 3.05) is 39.3 Å². The number of nitrogens with one attached hydrogen (secondary N) is 12. The van der Waals surface area contributed by atoms with Gasteiger partial charge in [-0.1, -0.05) is 26.7 Å². The van der Waals surface area contributed by atoms with Crippen LogP contribution in [0.2, 0.25) is 0 Å². The molecule has 22 nitrogen and oxygen atoms in total. The van der Waals surface area contributed by atoms with Gasteiger partial charge in [-0.2, -0.15) is 0 Å². The topological polar surface area (TPSA) is 377 Å². The lowest BCUT2D eigenvalue weighted by Gasteiger charge is -2.21. The van der Waals surface area contributed by atoms with Gasteiger partial charge in [-0.15, -0.1) is 0 Å². The minimum atomic E-state index is -1.18. The highest BCUT2D eigenvalue weighted by atomic mass is 16.2. The summed E-state index contributed by atoms with van der Waals surface area (Å²) in [6, 6.07) is -3.24. The molecule has 0 bridgehead atoms. The second-order valence-electron chi connectivity index (χ2n) is 12.6. The normalized spacial score (nSPS) is 12.6. The van der Waals surface area contributed by atoms with Crippen LogP contribution in [-0.4, -0.2) is 116 Å². The molecule has 22 heteroatoms. The Labute approximate surface area is 315 Å². The zero-order valence-corrected chi connectivity index (χ0v) is 31.5. The summed E-state index contributed by atoms with van der Waals surface area (Å²) in [5, 5.41) is 44.6. The van der Waals surface area contributed by atoms with Crippen LogP contribution in [-0.2, 0) is 33.6 Å². The monoisotopic (exact) mass is 767 g/mol. The van der Waals surface area contributed by atoms with Crippen LogP contribution < -0.4 is 65.1 Å². The predicted octanol–water partition coefficient (Wildman–Crippen LogP) is -4.01. The number of guanidine groups is 3. The Balaban J connectivity index is 5.46. The van der Waals surface area contributed by atoms with Gasteiger partial charge in [0.15, 0.2) is 23.7 Å². The Kier molecular flexibility index (Phi) is 24.9. The number of carbonyl (C=O) groups excluding carboxylic acids is 7. The fourth-order valence-corrected chi connectivity index (χ4v) is 4.85. The molecule has 0 aromatic heterocycles. The van der Waals surface area contributed by atoms with Gasteiger partial charge in [-0.05, 0) is 44.9 Å². The van der Waals surface area contributed by atoms with E-state index in [2.05, 4.69) is 47.9 Å². The van der Waals surface area contributed by atoms with E-state index in [1.165, 1.54) is 6.92 Å². The van der Waals surface area contributed by atoms with Crippen LogP contribution in [0, 0.1) is 22.1 Å². The molecule has 4 atom stereocenters. The van der Waals surface area contributed by atoms with Crippen LogP contribution in [0.5, 0.6) is 0 Å². The summed E-state index contributed by atoms with van der Waals surface area (Å²) < 4.78 is 0. The molecule has 0 aliphatic rings. The minimum Gasteiger partial charge on any atom is -0.370 e. The number of carbonyl (C=O) groups is 7. The number of rotatable bonds is 28. The van der Waals surface area contributed by atoms with E-state index >= 15 is 0 Å². The molecule has 0 aliphatic heterocycles. The number of hydrogen-bond acceptors (Lipinski definition) is 10. The van der Waals surface area contributed by atoms with Crippen molar-refractivity contribution >= 4 is 59.1 Å². The molecule has 0 spiro atoms. The average Bonchev–Trinajstić information content (AvgIpc) is 3.10. The van der Waals surface area contributed by atoms with Crippen molar-refractivity contribution in [2.24, 2.45) is 23.1 Å². The van der Waals surface area contributed by atoms with Crippen molar-refractivity contribution in [3.05, 3.63) is 0 Å². The fourth-order valence-electron chi connectivity index (χ4n) is 4.85. The van der Waals surface area contributed by atoms with Gasteiger partial charge < -0.3 is 65.1 Å². The van der Waals surface area contributed by atoms with Gasteiger partial charge in [0.25, 0.3) is 0 Å². The second kappa shape index (κ2) is 27.9. The van der Waals surface area contributed by atoms with E-state index in [0.29, 0.717) is 19.3 Å². The van der Waals surface area contributed by atoms with Crippen molar-refractivity contribution in [2.45, 2.75) is 96.7 Å². The molecule has 0 saturated heterocycles. The highest BCUT2D eigenvalue weighted by Gasteiger charge is 2.25. The molecule has 0 aromatic carbocycles. The van der Waals surface area contributed by atoms with Crippen LogP contribution >= 0.6 is 0 Å². The lowest BCUT2D eigenvalue weighted by Crippen LogP contribution is -2.54. The summed E-state index contributed by atoms with van der Waals surface area (Å²) in [7, 11) is 0. The van der Waals surface area contributed by atoms with E-state index in [0.717, 1.165) is 12.8 Å². The molecule has 306 valence electrons. The first-order chi connectivity index (χ1) is 25.5. The SMILES string of the molecule is CCCCC(C)C(=O)CNC(=O)[C@H](CCCNC(=N)N)NC(=O)CNC(=O)[C@H](CCCNC(=N)N)NC(=O)CNC(=O)[C@H](CCCNC(=N)N)NC(C)=O. The maximum absolute atomic E-state index is 13.2. The van der Waals surface area contributed by atoms with Crippen molar-refractivity contribution in [1.29, 1.82) is 16.2 Å². The molecule has 0 saturated carbocycles. The molecule has 0 aliphatic carbocycles. The molecular formula is C32H61N15O7. The van der Waals surface area contributed by atoms with Crippen LogP contribution in [0.1, 0.15) is 78.6 Å². The van der Waals surface area contributed by atoms with Gasteiger partial charge in [0, 0.05) is 32.5 Å². The van der Waals surface area contributed by atoms with Crippen LogP contribution in [0.3, 0.4) is 0 Å². The summed E-state index contributed by atoms with van der Waals surface area (Å²) in [6.45, 7) is 4.39. The first-order valence-electron chi connectivity index (χ1n) is 17.9. The molecule has 18 N–H and O–H groups in total. The van der Waals surface area contributed by atoms with Gasteiger partial charge in [0.1, 0.15) is 18.1 Å². The van der Waals surface area contributed by atoms with Crippen LogP contribution in [0.15, 0.2) is 0 Å². The van der Waals surface area contributed by atoms with Crippen molar-refractivity contribution in [3.63, 3.8) is 0 Å². The molecule has 0 aromatic rings. The number of unbranched alkanes of at least 4 members (excludes halogenated alkanes) is 1. The molecule has 0 rings (SSSR count). The first-order valence-corrected chi connectivity index (χ1v) is 17.9. The highest BCUT2D eigenvalue weighted by Crippen LogP contribution is 2.08. The zero-order chi connectivity index (χ0) is 41.1. The van der Waals surface area contributed by atoms with E-state index < -0.39 is 66.7 Å². The number of Topliss-reactive ketones (excluding diaryl/α,β-unsaturated/α-hetero) is 1. The number of nitrogens with two attached hydrogens (primary N) is 3. The van der Waals surface area contributed by atoms with Crippen molar-refractivity contribution in [1.82, 2.24) is 47.9 Å². The van der Waals surface area contributed by atoms with Gasteiger partial charge in [0.2, 0.25) is 35.4 Å². The van der Waals surface area contributed by atoms with Gasteiger partial charge in [0.05, 0.1) is 19.6 Å². The van der Waals surface area contributed by atoms with E-state index in [9.17, 15) is 33.6 Å². The Morgan fingerprint density at radius 2 is 0.870 bits per heavy atom. The number of amides is 6. The van der Waals surface area contributed by atoms with E-state index in [1.54, 1.807) is 6.92 Å². The Hall–Kier alpha value is -5.70. The van der Waals surface area contributed by atoms with Crippen LogP contribution in [0.25, 0.3) is 0 Å². The lowest BCUT2D eigenvalue weighted by molar-refractivity contribution is -0.132. The Morgan fingerprint density at radius 3 is 1.20 bits per heavy atom. The zero-order valence-electron chi connectivity index (χ0n) is 31.5. The average molecular weight is 768 g/mol. The third-order valence-corrected chi connectivity index (χ3v) is 7.78. The molecule has 0 heterocycles. The third-order valence-electron chi connectivity index (χ3n) is 7.78. The van der Waals surface area contributed by atoms with Gasteiger partial charge in [-0.25, -0.2) is 0 Å². The molecule has 0 fully saturated rings. The summed E-state index contributed by atoms with van der Waals surface area (Å²) in [5.41, 5.74) is 15.9. The largest absolute Gasteiger partial charge is 0.370 e. The third kappa shape index (κ3) is 24.5. The predicted molar refractivity (Wildman–Crippen MR) is 202 cm³/mol. The second-order valence-corrected chi connectivity index (χ2v) is 12.6. The van der Waals surface area contributed by atoms with Crippen molar-refractivity contribution in [3.8, 4) is 0 Å². The van der Waals surface area contributed by atoms with E-state index in [4.69, 9.17) is 33.4 Å². The van der Waals surface area contributed by atoms with Crippen molar-refractivity contribution < 1.29 is 33.6 Å². The maximum atomic E-state index is 13.2. The minimum absolute atomic E-state index is 0.0456. The van der Waals surface area contributed by atoms with Crippen LogP contribution in [0.4, 0.5) is 0 Å². The fraction of sp³-hybridized carbons (Fsp3) is 0.688. The highest BCUT2D eigenvalue weighted by molar-refractivity contribution is 5.95. The number of ketones is 1. The van der Waals surface area contributed by atoms with Gasteiger partial charge in [-0.3, -0.25) is 49.8 Å². The summed E-state index contributed by atoms with van der Waals surface area (Å²) in [5.74, 6) is -5.17. The standard InChI is InChI=1S/C32H61N15O7/c1-4-5-9-19(2)24(49)16-42-28(53)22(11-7-14-40-31(35)36)46-26(51)18-44-29(54)23(12-8-15-41-32(37)38)47-25(50)17-43-27(52)21(45-20(3)48)10-6-13-39-30(33)34/h19,21-23H,4-18H2,1-3H3,(H,42,53)(H,43,52)(H,44,54)(H,45,48)(H,46,51)(H,47,50)(H4,33,34,39)(H4,35,36,40)(H4,37,38,41)/t19?,21-,22-,23-/m0/s1. The summed E-state index contributed by atoms with van der Waals surface area (Å²) >= 11 is 0. The van der Waals surface area contributed by atoms with Gasteiger partial charge >= 0.3 is 0 Å². The Morgan fingerprint density at radius 1 is 0.519 bits per heavy atom. The lowest BCUT2D eigenvalue weighted by atomic mass is 9.99. The summed E-state index contributed by atoms with van der Waals surface area (Å²) in [4.78, 5) is 88.8. The number of hydrogen-bond donors (Lipinski definition) is 15. The van der Waals surface area contributed by atoms with E-state index in [-0.39, 0.29) is 81.4 Å².